The van der Waals surface area contributed by atoms with Crippen LogP contribution in [0.1, 0.15) is 10.6 Å². The molecule has 24 heavy (non-hydrogen) atoms. The second-order valence-corrected chi connectivity index (χ2v) is 7.01. The summed E-state index contributed by atoms with van der Waals surface area (Å²) in [5.41, 5.74) is 1.22. The number of benzene rings is 2. The van der Waals surface area contributed by atoms with E-state index in [9.17, 15) is 4.79 Å². The molecule has 0 spiro atoms. The molecule has 1 aromatic heterocycles. The second-order valence-electron chi connectivity index (χ2n) is 4.87. The number of furan rings is 1. The van der Waals surface area contributed by atoms with E-state index in [1.165, 1.54) is 0 Å². The summed E-state index contributed by atoms with van der Waals surface area (Å²) >= 11 is 21.3. The van der Waals surface area contributed by atoms with Gasteiger partial charge in [0.05, 0.1) is 20.8 Å². The Balaban J connectivity index is 1.82. The zero-order valence-electron chi connectivity index (χ0n) is 11.9. The van der Waals surface area contributed by atoms with Crippen molar-refractivity contribution in [3.63, 3.8) is 0 Å². The van der Waals surface area contributed by atoms with E-state index < -0.39 is 5.91 Å². The fourth-order valence-corrected chi connectivity index (χ4v) is 3.06. The quantitative estimate of drug-likeness (QED) is 0.475. The maximum atomic E-state index is 12.3. The maximum Gasteiger partial charge on any atom is 0.291 e. The molecule has 0 aliphatic heterocycles. The Kier molecular flexibility index (Phi) is 5.21. The van der Waals surface area contributed by atoms with E-state index in [0.29, 0.717) is 26.5 Å². The summed E-state index contributed by atoms with van der Waals surface area (Å²) in [7, 11) is 0. The predicted octanol–water partition coefficient (Wildman–Crippen LogP) is 6.92. The van der Waals surface area contributed by atoms with Crippen molar-refractivity contribution in [1.82, 2.24) is 0 Å². The van der Waals surface area contributed by atoms with E-state index in [-0.39, 0.29) is 5.76 Å². The van der Waals surface area contributed by atoms with Crippen LogP contribution in [0, 0.1) is 0 Å². The average Bonchev–Trinajstić information content (AvgIpc) is 3.03. The van der Waals surface area contributed by atoms with E-state index in [0.717, 1.165) is 10.0 Å². The van der Waals surface area contributed by atoms with E-state index in [1.807, 2.05) is 0 Å². The lowest BCUT2D eigenvalue weighted by Crippen LogP contribution is -2.11. The van der Waals surface area contributed by atoms with Crippen molar-refractivity contribution in [2.75, 3.05) is 5.32 Å². The molecule has 7 heteroatoms. The van der Waals surface area contributed by atoms with Gasteiger partial charge in [0.1, 0.15) is 5.76 Å². The Morgan fingerprint density at radius 1 is 0.917 bits per heavy atom. The molecule has 0 saturated carbocycles. The molecule has 0 fully saturated rings. The first-order chi connectivity index (χ1) is 11.4. The molecule has 1 N–H and O–H groups in total. The summed E-state index contributed by atoms with van der Waals surface area (Å²) in [5, 5.41) is 4.00. The van der Waals surface area contributed by atoms with Gasteiger partial charge in [-0.25, -0.2) is 0 Å². The van der Waals surface area contributed by atoms with Crippen molar-refractivity contribution >= 4 is 62.3 Å². The highest BCUT2D eigenvalue weighted by atomic mass is 79.9. The zero-order chi connectivity index (χ0) is 17.3. The average molecular weight is 446 g/mol. The molecule has 1 amide bonds. The van der Waals surface area contributed by atoms with Gasteiger partial charge in [0.2, 0.25) is 0 Å². The van der Waals surface area contributed by atoms with Crippen molar-refractivity contribution < 1.29 is 9.21 Å². The largest absolute Gasteiger partial charge is 0.451 e. The number of hydrogen-bond acceptors (Lipinski definition) is 2. The van der Waals surface area contributed by atoms with Crippen molar-refractivity contribution in [2.24, 2.45) is 0 Å². The van der Waals surface area contributed by atoms with Crippen LogP contribution in [0.25, 0.3) is 11.3 Å². The van der Waals surface area contributed by atoms with Crippen LogP contribution in [-0.4, -0.2) is 5.91 Å². The fraction of sp³-hybridized carbons (Fsp3) is 0. The molecule has 0 aliphatic carbocycles. The third-order valence-corrected chi connectivity index (χ3v) is 4.76. The Morgan fingerprint density at radius 2 is 1.71 bits per heavy atom. The lowest BCUT2D eigenvalue weighted by Gasteiger charge is -2.06. The van der Waals surface area contributed by atoms with Gasteiger partial charge in [-0.1, -0.05) is 50.7 Å². The minimum Gasteiger partial charge on any atom is -0.451 e. The summed E-state index contributed by atoms with van der Waals surface area (Å²) in [6.45, 7) is 0. The van der Waals surface area contributed by atoms with Crippen LogP contribution in [0.2, 0.25) is 15.1 Å². The van der Waals surface area contributed by atoms with Gasteiger partial charge in [0.25, 0.3) is 5.91 Å². The Hall–Kier alpha value is -1.46. The Bertz CT molecular complexity index is 924. The minimum atomic E-state index is -0.398. The number of rotatable bonds is 3. The molecule has 0 radical (unpaired) electrons. The number of carbonyl (C=O) groups excluding carboxylic acids is 1. The third-order valence-electron chi connectivity index (χ3n) is 3.21. The van der Waals surface area contributed by atoms with Crippen LogP contribution in [-0.2, 0) is 0 Å². The van der Waals surface area contributed by atoms with Gasteiger partial charge in [-0.15, -0.1) is 0 Å². The normalized spacial score (nSPS) is 10.7. The van der Waals surface area contributed by atoms with E-state index in [4.69, 9.17) is 39.2 Å². The highest BCUT2D eigenvalue weighted by Gasteiger charge is 2.14. The highest BCUT2D eigenvalue weighted by Crippen LogP contribution is 2.30. The van der Waals surface area contributed by atoms with Crippen LogP contribution in [0.5, 0.6) is 0 Å². The van der Waals surface area contributed by atoms with Gasteiger partial charge in [-0.2, -0.15) is 0 Å². The molecule has 0 atom stereocenters. The maximum absolute atomic E-state index is 12.3. The van der Waals surface area contributed by atoms with Crippen LogP contribution in [0.15, 0.2) is 57.4 Å². The number of anilines is 1. The zero-order valence-corrected chi connectivity index (χ0v) is 15.8. The third kappa shape index (κ3) is 3.78. The van der Waals surface area contributed by atoms with Gasteiger partial charge in [0.15, 0.2) is 5.76 Å². The van der Waals surface area contributed by atoms with Gasteiger partial charge in [0, 0.05) is 10.0 Å². The molecule has 3 aromatic rings. The van der Waals surface area contributed by atoms with Crippen LogP contribution in [0.3, 0.4) is 0 Å². The first kappa shape index (κ1) is 17.4. The smallest absolute Gasteiger partial charge is 0.291 e. The number of halogens is 4. The minimum absolute atomic E-state index is 0.162. The fourth-order valence-electron chi connectivity index (χ4n) is 2.04. The van der Waals surface area contributed by atoms with Crippen molar-refractivity contribution in [3.8, 4) is 11.3 Å². The Morgan fingerprint density at radius 3 is 2.42 bits per heavy atom. The molecule has 122 valence electrons. The van der Waals surface area contributed by atoms with Gasteiger partial charge >= 0.3 is 0 Å². The topological polar surface area (TPSA) is 42.2 Å². The predicted molar refractivity (Wildman–Crippen MR) is 101 cm³/mol. The summed E-state index contributed by atoms with van der Waals surface area (Å²) < 4.78 is 6.42. The van der Waals surface area contributed by atoms with Gasteiger partial charge in [-0.05, 0) is 48.5 Å². The van der Waals surface area contributed by atoms with E-state index in [2.05, 4.69) is 21.2 Å². The SMILES string of the molecule is O=C(Nc1ccc(Br)cc1Cl)c1ccc(-c2ccc(Cl)c(Cl)c2)o1. The molecule has 0 unspecified atom stereocenters. The van der Waals surface area contributed by atoms with E-state index >= 15 is 0 Å². The number of amides is 1. The molecular weight excluding hydrogens is 436 g/mol. The second kappa shape index (κ2) is 7.19. The molecule has 0 aliphatic rings. The summed E-state index contributed by atoms with van der Waals surface area (Å²) in [6, 6.07) is 13.6. The number of nitrogens with one attached hydrogen (secondary N) is 1. The van der Waals surface area contributed by atoms with Crippen molar-refractivity contribution in [2.45, 2.75) is 0 Å². The van der Waals surface area contributed by atoms with Crippen molar-refractivity contribution in [3.05, 3.63) is 73.8 Å². The van der Waals surface area contributed by atoms with E-state index in [1.54, 1.807) is 48.5 Å². The first-order valence-corrected chi connectivity index (χ1v) is 8.68. The molecule has 2 aromatic carbocycles. The molecule has 1 heterocycles. The lowest BCUT2D eigenvalue weighted by molar-refractivity contribution is 0.0997. The van der Waals surface area contributed by atoms with Gasteiger partial charge in [-0.3, -0.25) is 4.79 Å². The summed E-state index contributed by atoms with van der Waals surface area (Å²) in [5.74, 6) is 0.279. The van der Waals surface area contributed by atoms with Gasteiger partial charge < -0.3 is 9.73 Å². The van der Waals surface area contributed by atoms with Crippen LogP contribution in [0.4, 0.5) is 5.69 Å². The standard InChI is InChI=1S/C17H9BrCl3NO2/c18-10-2-4-14(13(21)8-10)22-17(23)16-6-5-15(24-16)9-1-3-11(19)12(20)7-9/h1-8H,(H,22,23). The molecular formula is C17H9BrCl3NO2. The van der Waals surface area contributed by atoms with Crippen LogP contribution < -0.4 is 5.32 Å². The number of carbonyl (C=O) groups is 1. The molecule has 3 rings (SSSR count). The summed E-state index contributed by atoms with van der Waals surface area (Å²) in [6.07, 6.45) is 0. The first-order valence-electron chi connectivity index (χ1n) is 6.76. The van der Waals surface area contributed by atoms with Crippen LogP contribution >= 0.6 is 50.7 Å². The summed E-state index contributed by atoms with van der Waals surface area (Å²) in [4.78, 5) is 12.3. The monoisotopic (exact) mass is 443 g/mol. The number of hydrogen-bond donors (Lipinski definition) is 1. The molecule has 0 saturated heterocycles. The lowest BCUT2D eigenvalue weighted by atomic mass is 10.2. The highest BCUT2D eigenvalue weighted by molar-refractivity contribution is 9.10. The molecule has 3 nitrogen and oxygen atoms in total. The van der Waals surface area contributed by atoms with Crippen molar-refractivity contribution in [1.29, 1.82) is 0 Å². The molecule has 0 bridgehead atoms. The Labute approximate surface area is 161 Å².